The lowest BCUT2D eigenvalue weighted by Gasteiger charge is -2.38. The minimum Gasteiger partial charge on any atom is -0.397 e. The first-order valence-corrected chi connectivity index (χ1v) is 7.81. The van der Waals surface area contributed by atoms with Gasteiger partial charge in [-0.3, -0.25) is 9.69 Å². The molecular weight excluding hydrogens is 262 g/mol. The Hall–Kier alpha value is -1.55. The molecular formula is C17H27N3O. The van der Waals surface area contributed by atoms with Gasteiger partial charge in [-0.15, -0.1) is 0 Å². The molecule has 0 saturated carbocycles. The number of carbonyl (C=O) groups is 1. The molecule has 1 aliphatic heterocycles. The van der Waals surface area contributed by atoms with Crippen LogP contribution in [0.2, 0.25) is 0 Å². The fourth-order valence-electron chi connectivity index (χ4n) is 2.85. The second-order valence-electron chi connectivity index (χ2n) is 6.53. The highest BCUT2D eigenvalue weighted by atomic mass is 16.2. The molecule has 1 aromatic carbocycles. The zero-order chi connectivity index (χ0) is 15.5. The normalized spacial score (nSPS) is 18.4. The van der Waals surface area contributed by atoms with Crippen molar-refractivity contribution in [2.75, 3.05) is 30.7 Å². The van der Waals surface area contributed by atoms with Crippen LogP contribution >= 0.6 is 0 Å². The fraction of sp³-hybridized carbons (Fsp3) is 0.588. The number of anilines is 2. The lowest BCUT2D eigenvalue weighted by atomic mass is 9.78. The van der Waals surface area contributed by atoms with Gasteiger partial charge in [0, 0.05) is 0 Å². The number of amides is 1. The number of nitrogen functional groups attached to an aromatic ring is 1. The highest BCUT2D eigenvalue weighted by Gasteiger charge is 2.28. The summed E-state index contributed by atoms with van der Waals surface area (Å²) in [5, 5.41) is 2.95. The van der Waals surface area contributed by atoms with Crippen molar-refractivity contribution in [3.8, 4) is 0 Å². The maximum absolute atomic E-state index is 12.2. The van der Waals surface area contributed by atoms with Crippen LogP contribution in [0.1, 0.15) is 38.7 Å². The zero-order valence-electron chi connectivity index (χ0n) is 13.4. The third-order valence-electron chi connectivity index (χ3n) is 4.85. The van der Waals surface area contributed by atoms with Crippen molar-refractivity contribution < 1.29 is 4.79 Å². The van der Waals surface area contributed by atoms with E-state index in [2.05, 4.69) is 24.1 Å². The van der Waals surface area contributed by atoms with E-state index in [1.54, 1.807) is 0 Å². The van der Waals surface area contributed by atoms with E-state index in [4.69, 9.17) is 5.73 Å². The van der Waals surface area contributed by atoms with Crippen molar-refractivity contribution in [1.29, 1.82) is 0 Å². The zero-order valence-corrected chi connectivity index (χ0v) is 13.4. The molecule has 0 atom stereocenters. The maximum Gasteiger partial charge on any atom is 0.238 e. The van der Waals surface area contributed by atoms with Gasteiger partial charge in [0.05, 0.1) is 17.9 Å². The largest absolute Gasteiger partial charge is 0.397 e. The van der Waals surface area contributed by atoms with Crippen LogP contribution in [0, 0.1) is 12.3 Å². The Bertz CT molecular complexity index is 485. The summed E-state index contributed by atoms with van der Waals surface area (Å²) in [5.41, 5.74) is 8.75. The molecule has 0 bridgehead atoms. The molecule has 0 radical (unpaired) electrons. The SMILES string of the molecule is CCC1(C)CCN(CC(=O)Nc2c(C)cccc2N)CC1. The van der Waals surface area contributed by atoms with E-state index >= 15 is 0 Å². The van der Waals surface area contributed by atoms with Crippen LogP contribution in [0.25, 0.3) is 0 Å². The van der Waals surface area contributed by atoms with Gasteiger partial charge in [-0.1, -0.05) is 32.4 Å². The highest BCUT2D eigenvalue weighted by molar-refractivity contribution is 5.96. The number of para-hydroxylation sites is 1. The molecule has 1 heterocycles. The molecule has 0 unspecified atom stereocenters. The van der Waals surface area contributed by atoms with E-state index in [1.165, 1.54) is 19.3 Å². The number of piperidine rings is 1. The first kappa shape index (κ1) is 15.8. The van der Waals surface area contributed by atoms with Crippen molar-refractivity contribution in [1.82, 2.24) is 4.90 Å². The molecule has 21 heavy (non-hydrogen) atoms. The average molecular weight is 289 g/mol. The van der Waals surface area contributed by atoms with Crippen molar-refractivity contribution in [3.05, 3.63) is 23.8 Å². The summed E-state index contributed by atoms with van der Waals surface area (Å²) in [5.74, 6) is 0.0242. The van der Waals surface area contributed by atoms with E-state index in [1.807, 2.05) is 25.1 Å². The Labute approximate surface area is 127 Å². The predicted molar refractivity (Wildman–Crippen MR) is 88.3 cm³/mol. The Morgan fingerprint density at radius 1 is 1.38 bits per heavy atom. The van der Waals surface area contributed by atoms with Gasteiger partial charge in [0.2, 0.25) is 5.91 Å². The molecule has 0 spiro atoms. The summed E-state index contributed by atoms with van der Waals surface area (Å²) < 4.78 is 0. The molecule has 0 aromatic heterocycles. The minimum absolute atomic E-state index is 0.0242. The number of hydrogen-bond acceptors (Lipinski definition) is 3. The highest BCUT2D eigenvalue weighted by Crippen LogP contribution is 2.33. The number of aryl methyl sites for hydroxylation is 1. The summed E-state index contributed by atoms with van der Waals surface area (Å²) in [7, 11) is 0. The fourth-order valence-corrected chi connectivity index (χ4v) is 2.85. The Morgan fingerprint density at radius 2 is 2.05 bits per heavy atom. The molecule has 116 valence electrons. The molecule has 1 fully saturated rings. The lowest BCUT2D eigenvalue weighted by molar-refractivity contribution is -0.117. The number of benzene rings is 1. The van der Waals surface area contributed by atoms with Crippen LogP contribution in [-0.4, -0.2) is 30.4 Å². The number of rotatable bonds is 4. The average Bonchev–Trinajstić information content (AvgIpc) is 2.46. The number of hydrogen-bond donors (Lipinski definition) is 2. The van der Waals surface area contributed by atoms with Crippen molar-refractivity contribution in [2.45, 2.75) is 40.0 Å². The number of likely N-dealkylation sites (tertiary alicyclic amines) is 1. The first-order chi connectivity index (χ1) is 9.93. The second kappa shape index (κ2) is 6.48. The summed E-state index contributed by atoms with van der Waals surface area (Å²) in [4.78, 5) is 14.4. The van der Waals surface area contributed by atoms with Crippen LogP contribution < -0.4 is 11.1 Å². The van der Waals surface area contributed by atoms with Gasteiger partial charge in [-0.25, -0.2) is 0 Å². The number of carbonyl (C=O) groups excluding carboxylic acids is 1. The summed E-state index contributed by atoms with van der Waals surface area (Å²) in [6.07, 6.45) is 3.55. The van der Waals surface area contributed by atoms with Gasteiger partial charge in [-0.2, -0.15) is 0 Å². The Balaban J connectivity index is 1.89. The van der Waals surface area contributed by atoms with Gasteiger partial charge in [0.1, 0.15) is 0 Å². The van der Waals surface area contributed by atoms with Crippen LogP contribution in [0.15, 0.2) is 18.2 Å². The molecule has 3 N–H and O–H groups in total. The van der Waals surface area contributed by atoms with Crippen LogP contribution in [-0.2, 0) is 4.79 Å². The summed E-state index contributed by atoms with van der Waals surface area (Å²) in [6.45, 7) is 9.01. The third-order valence-corrected chi connectivity index (χ3v) is 4.85. The Kier molecular flexibility index (Phi) is 4.88. The standard InChI is InChI=1S/C17H27N3O/c1-4-17(3)8-10-20(11-9-17)12-15(21)19-16-13(2)6-5-7-14(16)18/h5-7H,4,8-12,18H2,1-3H3,(H,19,21). The van der Waals surface area contributed by atoms with Crippen LogP contribution in [0.4, 0.5) is 11.4 Å². The molecule has 1 aromatic rings. The van der Waals surface area contributed by atoms with Crippen LogP contribution in [0.3, 0.4) is 0 Å². The number of nitrogens with one attached hydrogen (secondary N) is 1. The van der Waals surface area contributed by atoms with Crippen molar-refractivity contribution >= 4 is 17.3 Å². The topological polar surface area (TPSA) is 58.4 Å². The van der Waals surface area contributed by atoms with Crippen molar-refractivity contribution in [3.63, 3.8) is 0 Å². The predicted octanol–water partition coefficient (Wildman–Crippen LogP) is 3.03. The van der Waals surface area contributed by atoms with Gasteiger partial charge in [0.15, 0.2) is 0 Å². The molecule has 1 aliphatic rings. The smallest absolute Gasteiger partial charge is 0.238 e. The molecule has 4 nitrogen and oxygen atoms in total. The summed E-state index contributed by atoms with van der Waals surface area (Å²) >= 11 is 0. The second-order valence-corrected chi connectivity index (χ2v) is 6.53. The molecule has 1 saturated heterocycles. The van der Waals surface area contributed by atoms with Crippen LogP contribution in [0.5, 0.6) is 0 Å². The molecule has 1 amide bonds. The van der Waals surface area contributed by atoms with Gasteiger partial charge in [0.25, 0.3) is 0 Å². The Morgan fingerprint density at radius 3 is 2.62 bits per heavy atom. The van der Waals surface area contributed by atoms with E-state index in [0.717, 1.165) is 24.3 Å². The van der Waals surface area contributed by atoms with E-state index in [0.29, 0.717) is 17.6 Å². The molecule has 0 aliphatic carbocycles. The van der Waals surface area contributed by atoms with E-state index < -0.39 is 0 Å². The monoisotopic (exact) mass is 289 g/mol. The first-order valence-electron chi connectivity index (χ1n) is 7.81. The minimum atomic E-state index is 0.0242. The molecule has 4 heteroatoms. The lowest BCUT2D eigenvalue weighted by Crippen LogP contribution is -2.42. The van der Waals surface area contributed by atoms with E-state index in [9.17, 15) is 4.79 Å². The van der Waals surface area contributed by atoms with Gasteiger partial charge >= 0.3 is 0 Å². The van der Waals surface area contributed by atoms with E-state index in [-0.39, 0.29) is 5.91 Å². The number of nitrogens with two attached hydrogens (primary N) is 1. The quantitative estimate of drug-likeness (QED) is 0.838. The van der Waals surface area contributed by atoms with Gasteiger partial charge < -0.3 is 11.1 Å². The third kappa shape index (κ3) is 3.97. The number of nitrogens with zero attached hydrogens (tertiary/aromatic N) is 1. The van der Waals surface area contributed by atoms with Gasteiger partial charge in [-0.05, 0) is 49.9 Å². The maximum atomic E-state index is 12.2. The molecule has 2 rings (SSSR count). The summed E-state index contributed by atoms with van der Waals surface area (Å²) in [6, 6.07) is 5.67. The van der Waals surface area contributed by atoms with Crippen molar-refractivity contribution in [2.24, 2.45) is 5.41 Å².